The molecule has 1 aromatic carbocycles. The van der Waals surface area contributed by atoms with Gasteiger partial charge in [-0.25, -0.2) is 9.97 Å². The molecule has 4 atom stereocenters. The van der Waals surface area contributed by atoms with Crippen LogP contribution in [0.4, 0.5) is 0 Å². The number of aromatic nitrogens is 3. The molecule has 0 bridgehead atoms. The molecule has 1 fully saturated rings. The summed E-state index contributed by atoms with van der Waals surface area (Å²) in [5.41, 5.74) is 2.64. The van der Waals surface area contributed by atoms with Gasteiger partial charge < -0.3 is 24.6 Å². The summed E-state index contributed by atoms with van der Waals surface area (Å²) in [6.07, 6.45) is 0.0115. The van der Waals surface area contributed by atoms with Crippen LogP contribution >= 0.6 is 0 Å². The van der Waals surface area contributed by atoms with Crippen LogP contribution in [0.5, 0.6) is 0 Å². The average Bonchev–Trinajstić information content (AvgIpc) is 3.18. The number of aliphatic hydroxyl groups excluding tert-OH is 3. The first-order chi connectivity index (χ1) is 12.2. The van der Waals surface area contributed by atoms with Crippen molar-refractivity contribution in [2.75, 3.05) is 6.61 Å². The Hall–Kier alpha value is -2.32. The first kappa shape index (κ1) is 16.2. The fraction of sp³-hybridized carbons (Fsp3) is 0.333. The van der Waals surface area contributed by atoms with Gasteiger partial charge in [0.2, 0.25) is 0 Å². The normalized spacial score (nSPS) is 26.4. The standard InChI is InChI=1S/C18H19N3O4/c22-9-14-15(23)16(24)18(25-14)21-7-6-12-13(19-10-20-17(12)21)8-11-4-2-1-3-5-11/h1-7,10,14-16,18,22-24H,8-9H2/t14?,15-,16-,18+/m0/s1. The van der Waals surface area contributed by atoms with Gasteiger partial charge in [0.05, 0.1) is 12.3 Å². The van der Waals surface area contributed by atoms with Crippen molar-refractivity contribution >= 4 is 11.0 Å². The number of nitrogens with zero attached hydrogens (tertiary/aromatic N) is 3. The Labute approximate surface area is 144 Å². The van der Waals surface area contributed by atoms with Crippen molar-refractivity contribution in [3.05, 3.63) is 60.2 Å². The highest BCUT2D eigenvalue weighted by atomic mass is 16.6. The van der Waals surface area contributed by atoms with Gasteiger partial charge >= 0.3 is 0 Å². The molecule has 3 N–H and O–H groups in total. The highest BCUT2D eigenvalue weighted by Crippen LogP contribution is 2.32. The summed E-state index contributed by atoms with van der Waals surface area (Å²) < 4.78 is 7.27. The lowest BCUT2D eigenvalue weighted by atomic mass is 10.1. The van der Waals surface area contributed by atoms with Crippen molar-refractivity contribution in [1.82, 2.24) is 14.5 Å². The monoisotopic (exact) mass is 341 g/mol. The van der Waals surface area contributed by atoms with Gasteiger partial charge in [-0.1, -0.05) is 30.3 Å². The number of ether oxygens (including phenoxy) is 1. The van der Waals surface area contributed by atoms with Crippen molar-refractivity contribution in [2.45, 2.75) is 31.0 Å². The van der Waals surface area contributed by atoms with Gasteiger partial charge in [0, 0.05) is 18.0 Å². The molecule has 130 valence electrons. The first-order valence-electron chi connectivity index (χ1n) is 8.16. The first-order valence-corrected chi connectivity index (χ1v) is 8.16. The summed E-state index contributed by atoms with van der Waals surface area (Å²) in [4.78, 5) is 8.71. The molecule has 0 amide bonds. The Morgan fingerprint density at radius 2 is 1.84 bits per heavy atom. The predicted molar refractivity (Wildman–Crippen MR) is 89.8 cm³/mol. The SMILES string of the molecule is OCC1O[C@@H](n2ccc3c(Cc4ccccc4)ncnc32)[C@@H](O)[C@H]1O. The molecule has 0 saturated carbocycles. The summed E-state index contributed by atoms with van der Waals surface area (Å²) in [7, 11) is 0. The summed E-state index contributed by atoms with van der Waals surface area (Å²) >= 11 is 0. The minimum absolute atomic E-state index is 0.359. The number of aliphatic hydroxyl groups is 3. The maximum Gasteiger partial charge on any atom is 0.164 e. The van der Waals surface area contributed by atoms with Crippen LogP contribution in [0.2, 0.25) is 0 Å². The summed E-state index contributed by atoms with van der Waals surface area (Å²) in [5, 5.41) is 30.3. The Kier molecular flexibility index (Phi) is 4.22. The van der Waals surface area contributed by atoms with Gasteiger partial charge in [0.15, 0.2) is 6.23 Å². The van der Waals surface area contributed by atoms with E-state index in [4.69, 9.17) is 4.74 Å². The van der Waals surface area contributed by atoms with E-state index in [1.54, 1.807) is 10.8 Å². The fourth-order valence-corrected chi connectivity index (χ4v) is 3.27. The van der Waals surface area contributed by atoms with Gasteiger partial charge in [0.1, 0.15) is 30.3 Å². The molecular formula is C18H19N3O4. The van der Waals surface area contributed by atoms with Gasteiger partial charge in [-0.15, -0.1) is 0 Å². The molecule has 1 aliphatic rings. The van der Waals surface area contributed by atoms with Gasteiger partial charge in [-0.05, 0) is 11.6 Å². The fourth-order valence-electron chi connectivity index (χ4n) is 3.27. The van der Waals surface area contributed by atoms with Gasteiger partial charge in [-0.3, -0.25) is 0 Å². The molecule has 1 aliphatic heterocycles. The zero-order valence-electron chi connectivity index (χ0n) is 13.4. The Balaban J connectivity index is 1.70. The van der Waals surface area contributed by atoms with E-state index in [-0.39, 0.29) is 6.61 Å². The zero-order valence-corrected chi connectivity index (χ0v) is 13.4. The van der Waals surface area contributed by atoms with Crippen molar-refractivity contribution in [1.29, 1.82) is 0 Å². The Morgan fingerprint density at radius 1 is 1.04 bits per heavy atom. The van der Waals surface area contributed by atoms with Gasteiger partial charge in [0.25, 0.3) is 0 Å². The largest absolute Gasteiger partial charge is 0.394 e. The lowest BCUT2D eigenvalue weighted by molar-refractivity contribution is -0.0508. The van der Waals surface area contributed by atoms with E-state index in [9.17, 15) is 15.3 Å². The van der Waals surface area contributed by atoms with E-state index in [1.807, 2.05) is 36.4 Å². The Morgan fingerprint density at radius 3 is 2.56 bits per heavy atom. The lowest BCUT2D eigenvalue weighted by Crippen LogP contribution is -2.33. The van der Waals surface area contributed by atoms with Crippen LogP contribution in [0.3, 0.4) is 0 Å². The van der Waals surface area contributed by atoms with Crippen LogP contribution in [0.1, 0.15) is 17.5 Å². The second-order valence-electron chi connectivity index (χ2n) is 6.17. The van der Waals surface area contributed by atoms with Crippen LogP contribution in [0, 0.1) is 0 Å². The molecule has 25 heavy (non-hydrogen) atoms. The molecule has 1 unspecified atom stereocenters. The van der Waals surface area contributed by atoms with Crippen LogP contribution in [0.15, 0.2) is 48.9 Å². The smallest absolute Gasteiger partial charge is 0.164 e. The van der Waals surface area contributed by atoms with Crippen LogP contribution in [0.25, 0.3) is 11.0 Å². The minimum Gasteiger partial charge on any atom is -0.394 e. The third-order valence-corrected chi connectivity index (χ3v) is 4.60. The molecule has 0 aliphatic carbocycles. The highest BCUT2D eigenvalue weighted by Gasteiger charge is 2.43. The molecular weight excluding hydrogens is 322 g/mol. The number of rotatable bonds is 4. The Bertz CT molecular complexity index is 867. The number of fused-ring (bicyclic) bond motifs is 1. The highest BCUT2D eigenvalue weighted by molar-refractivity contribution is 5.79. The third-order valence-electron chi connectivity index (χ3n) is 4.60. The maximum absolute atomic E-state index is 10.2. The van der Waals surface area contributed by atoms with E-state index < -0.39 is 24.5 Å². The van der Waals surface area contributed by atoms with Crippen molar-refractivity contribution in [2.24, 2.45) is 0 Å². The second kappa shape index (κ2) is 6.53. The summed E-state index contributed by atoms with van der Waals surface area (Å²) in [6, 6.07) is 11.9. The van der Waals surface area contributed by atoms with Crippen molar-refractivity contribution in [3.8, 4) is 0 Å². The lowest BCUT2D eigenvalue weighted by Gasteiger charge is -2.17. The second-order valence-corrected chi connectivity index (χ2v) is 6.17. The topological polar surface area (TPSA) is 101 Å². The number of benzene rings is 1. The molecule has 0 radical (unpaired) electrons. The van der Waals surface area contributed by atoms with E-state index >= 15 is 0 Å². The van der Waals surface area contributed by atoms with Gasteiger partial charge in [-0.2, -0.15) is 0 Å². The van der Waals surface area contributed by atoms with E-state index in [2.05, 4.69) is 9.97 Å². The van der Waals surface area contributed by atoms with E-state index in [0.717, 1.165) is 16.6 Å². The van der Waals surface area contributed by atoms with Crippen molar-refractivity contribution in [3.63, 3.8) is 0 Å². The van der Waals surface area contributed by atoms with E-state index in [1.165, 1.54) is 6.33 Å². The molecule has 0 spiro atoms. The zero-order chi connectivity index (χ0) is 17.4. The quantitative estimate of drug-likeness (QED) is 0.644. The third kappa shape index (κ3) is 2.81. The van der Waals surface area contributed by atoms with E-state index in [0.29, 0.717) is 12.1 Å². The molecule has 3 heterocycles. The molecule has 2 aromatic heterocycles. The number of hydrogen-bond donors (Lipinski definition) is 3. The minimum atomic E-state index is -1.14. The van der Waals surface area contributed by atoms with Crippen LogP contribution in [-0.4, -0.2) is 54.8 Å². The van der Waals surface area contributed by atoms with Crippen LogP contribution in [-0.2, 0) is 11.2 Å². The summed E-state index contributed by atoms with van der Waals surface area (Å²) in [6.45, 7) is -0.359. The molecule has 1 saturated heterocycles. The number of hydrogen-bond acceptors (Lipinski definition) is 6. The van der Waals surface area contributed by atoms with Crippen molar-refractivity contribution < 1.29 is 20.1 Å². The predicted octanol–water partition coefficient (Wildman–Crippen LogP) is 0.634. The van der Waals surface area contributed by atoms with Crippen LogP contribution < -0.4 is 0 Å². The molecule has 3 aromatic rings. The molecule has 7 nitrogen and oxygen atoms in total. The molecule has 4 rings (SSSR count). The molecule has 7 heteroatoms. The summed E-state index contributed by atoms with van der Waals surface area (Å²) in [5.74, 6) is 0. The maximum atomic E-state index is 10.2. The average molecular weight is 341 g/mol.